The number of phenolic OH excluding ortho intramolecular Hbond substituents is 1. The zero-order valence-electron chi connectivity index (χ0n) is 9.38. The van der Waals surface area contributed by atoms with E-state index in [0.717, 1.165) is 5.56 Å². The number of carbonyl (C=O) groups is 2. The van der Waals surface area contributed by atoms with E-state index in [1.807, 2.05) is 0 Å². The molecule has 1 rings (SSSR count). The standard InChI is InChI=1S/C12H13NO4/c1-8-4-9(6-13-3-2-11(15)16)12(17)10(5-8)7-14/h4-7,17H,2-3H2,1H3,(H,15,16). The van der Waals surface area contributed by atoms with Gasteiger partial charge in [0.15, 0.2) is 6.29 Å². The summed E-state index contributed by atoms with van der Waals surface area (Å²) in [7, 11) is 0. The van der Waals surface area contributed by atoms with Crippen molar-refractivity contribution in [1.29, 1.82) is 0 Å². The zero-order chi connectivity index (χ0) is 12.8. The second kappa shape index (κ2) is 5.79. The highest BCUT2D eigenvalue weighted by Crippen LogP contribution is 2.21. The quantitative estimate of drug-likeness (QED) is 0.596. The Hall–Kier alpha value is -2.17. The number of aromatic hydroxyl groups is 1. The lowest BCUT2D eigenvalue weighted by atomic mass is 10.1. The highest BCUT2D eigenvalue weighted by molar-refractivity contribution is 5.90. The maximum Gasteiger partial charge on any atom is 0.305 e. The van der Waals surface area contributed by atoms with E-state index in [0.29, 0.717) is 11.8 Å². The molecule has 0 fully saturated rings. The number of hydrogen-bond donors (Lipinski definition) is 2. The molecule has 0 aliphatic heterocycles. The fourth-order valence-electron chi connectivity index (χ4n) is 1.35. The van der Waals surface area contributed by atoms with Gasteiger partial charge in [0.2, 0.25) is 0 Å². The van der Waals surface area contributed by atoms with Crippen molar-refractivity contribution in [2.75, 3.05) is 6.54 Å². The molecule has 0 amide bonds. The molecule has 5 nitrogen and oxygen atoms in total. The molecule has 2 N–H and O–H groups in total. The average molecular weight is 235 g/mol. The molecule has 0 atom stereocenters. The number of carbonyl (C=O) groups excluding carboxylic acids is 1. The van der Waals surface area contributed by atoms with E-state index >= 15 is 0 Å². The SMILES string of the molecule is Cc1cc(C=O)c(O)c(C=NCCC(=O)O)c1. The van der Waals surface area contributed by atoms with Gasteiger partial charge in [-0.05, 0) is 24.6 Å². The number of carboxylic acid groups (broad SMARTS) is 1. The molecule has 0 saturated carbocycles. The number of aryl methyl sites for hydroxylation is 1. The number of hydrogen-bond acceptors (Lipinski definition) is 4. The average Bonchev–Trinajstić information content (AvgIpc) is 2.28. The minimum Gasteiger partial charge on any atom is -0.507 e. The van der Waals surface area contributed by atoms with Crippen molar-refractivity contribution in [3.05, 3.63) is 28.8 Å². The van der Waals surface area contributed by atoms with Crippen LogP contribution in [-0.4, -0.2) is 35.2 Å². The lowest BCUT2D eigenvalue weighted by Crippen LogP contribution is -1.97. The molecule has 0 radical (unpaired) electrons. The maximum atomic E-state index is 10.7. The number of aldehydes is 1. The van der Waals surface area contributed by atoms with Gasteiger partial charge in [-0.2, -0.15) is 0 Å². The van der Waals surface area contributed by atoms with Crippen LogP contribution in [-0.2, 0) is 4.79 Å². The van der Waals surface area contributed by atoms with Gasteiger partial charge in [0, 0.05) is 18.3 Å². The Kier molecular flexibility index (Phi) is 4.39. The molecule has 0 aliphatic rings. The van der Waals surface area contributed by atoms with Gasteiger partial charge in [0.25, 0.3) is 0 Å². The fraction of sp³-hybridized carbons (Fsp3) is 0.250. The summed E-state index contributed by atoms with van der Waals surface area (Å²) in [5.74, 6) is -1.06. The first-order chi connectivity index (χ1) is 8.04. The van der Waals surface area contributed by atoms with E-state index in [1.54, 1.807) is 19.1 Å². The Morgan fingerprint density at radius 1 is 1.41 bits per heavy atom. The van der Waals surface area contributed by atoms with Crippen molar-refractivity contribution in [2.24, 2.45) is 4.99 Å². The first-order valence-electron chi connectivity index (χ1n) is 5.05. The highest BCUT2D eigenvalue weighted by atomic mass is 16.4. The Labute approximate surface area is 98.4 Å². The highest BCUT2D eigenvalue weighted by Gasteiger charge is 2.06. The van der Waals surface area contributed by atoms with Crippen molar-refractivity contribution >= 4 is 18.5 Å². The summed E-state index contributed by atoms with van der Waals surface area (Å²) in [6.45, 7) is 1.93. The molecule has 0 aliphatic carbocycles. The van der Waals surface area contributed by atoms with Crippen LogP contribution in [0.5, 0.6) is 5.75 Å². The predicted molar refractivity (Wildman–Crippen MR) is 62.9 cm³/mol. The smallest absolute Gasteiger partial charge is 0.305 e. The van der Waals surface area contributed by atoms with E-state index in [9.17, 15) is 14.7 Å². The van der Waals surface area contributed by atoms with Gasteiger partial charge < -0.3 is 10.2 Å². The number of aliphatic carboxylic acids is 1. The van der Waals surface area contributed by atoms with E-state index in [2.05, 4.69) is 4.99 Å². The van der Waals surface area contributed by atoms with Crippen molar-refractivity contribution in [1.82, 2.24) is 0 Å². The fourth-order valence-corrected chi connectivity index (χ4v) is 1.35. The molecule has 1 aromatic carbocycles. The number of aliphatic imine (C=N–C) groups is 1. The molecular weight excluding hydrogens is 222 g/mol. The number of nitrogens with zero attached hydrogens (tertiary/aromatic N) is 1. The van der Waals surface area contributed by atoms with E-state index in [1.165, 1.54) is 6.21 Å². The minimum atomic E-state index is -0.927. The lowest BCUT2D eigenvalue weighted by molar-refractivity contribution is -0.136. The Bertz CT molecular complexity index is 466. The van der Waals surface area contributed by atoms with Gasteiger partial charge in [-0.25, -0.2) is 0 Å². The molecule has 0 bridgehead atoms. The molecule has 0 saturated heterocycles. The van der Waals surface area contributed by atoms with Crippen LogP contribution in [0.15, 0.2) is 17.1 Å². The first-order valence-corrected chi connectivity index (χ1v) is 5.05. The third kappa shape index (κ3) is 3.71. The molecule has 90 valence electrons. The molecular formula is C12H13NO4. The van der Waals surface area contributed by atoms with Crippen LogP contribution in [0.25, 0.3) is 0 Å². The van der Waals surface area contributed by atoms with E-state index < -0.39 is 5.97 Å². The Morgan fingerprint density at radius 3 is 2.65 bits per heavy atom. The summed E-state index contributed by atoms with van der Waals surface area (Å²) in [5.41, 5.74) is 1.44. The number of carboxylic acids is 1. The molecule has 0 unspecified atom stereocenters. The van der Waals surface area contributed by atoms with Gasteiger partial charge in [0.1, 0.15) is 5.75 Å². The summed E-state index contributed by atoms with van der Waals surface area (Å²) < 4.78 is 0. The second-order valence-corrected chi connectivity index (χ2v) is 3.59. The predicted octanol–water partition coefficient (Wildman–Crippen LogP) is 1.41. The third-order valence-corrected chi connectivity index (χ3v) is 2.13. The first kappa shape index (κ1) is 12.9. The lowest BCUT2D eigenvalue weighted by Gasteiger charge is -2.03. The van der Waals surface area contributed by atoms with Crippen LogP contribution in [0, 0.1) is 6.92 Å². The van der Waals surface area contributed by atoms with Crippen LogP contribution in [0.2, 0.25) is 0 Å². The van der Waals surface area contributed by atoms with Gasteiger partial charge in [-0.3, -0.25) is 14.6 Å². The van der Waals surface area contributed by atoms with Crippen LogP contribution < -0.4 is 0 Å². The third-order valence-electron chi connectivity index (χ3n) is 2.13. The van der Waals surface area contributed by atoms with E-state index in [4.69, 9.17) is 5.11 Å². The molecule has 0 aromatic heterocycles. The van der Waals surface area contributed by atoms with Gasteiger partial charge in [-0.15, -0.1) is 0 Å². The Morgan fingerprint density at radius 2 is 2.06 bits per heavy atom. The molecule has 5 heteroatoms. The monoisotopic (exact) mass is 235 g/mol. The summed E-state index contributed by atoms with van der Waals surface area (Å²) in [6.07, 6.45) is 1.87. The topological polar surface area (TPSA) is 87.0 Å². The van der Waals surface area contributed by atoms with Gasteiger partial charge in [0.05, 0.1) is 12.0 Å². The van der Waals surface area contributed by atoms with Gasteiger partial charge >= 0.3 is 5.97 Å². The normalized spacial score (nSPS) is 10.6. The van der Waals surface area contributed by atoms with Crippen LogP contribution in [0.4, 0.5) is 0 Å². The molecule has 0 spiro atoms. The summed E-state index contributed by atoms with van der Waals surface area (Å²) in [4.78, 5) is 24.8. The van der Waals surface area contributed by atoms with Crippen molar-refractivity contribution in [3.8, 4) is 5.75 Å². The van der Waals surface area contributed by atoms with Crippen molar-refractivity contribution in [3.63, 3.8) is 0 Å². The molecule has 1 aromatic rings. The second-order valence-electron chi connectivity index (χ2n) is 3.59. The molecule has 0 heterocycles. The molecule has 17 heavy (non-hydrogen) atoms. The van der Waals surface area contributed by atoms with Crippen LogP contribution in [0.3, 0.4) is 0 Å². The largest absolute Gasteiger partial charge is 0.507 e. The number of phenols is 1. The zero-order valence-corrected chi connectivity index (χ0v) is 9.38. The van der Waals surface area contributed by atoms with Crippen molar-refractivity contribution in [2.45, 2.75) is 13.3 Å². The summed E-state index contributed by atoms with van der Waals surface area (Å²) in [6, 6.07) is 3.24. The van der Waals surface area contributed by atoms with Gasteiger partial charge in [-0.1, -0.05) is 0 Å². The van der Waals surface area contributed by atoms with Crippen LogP contribution >= 0.6 is 0 Å². The number of rotatable bonds is 5. The van der Waals surface area contributed by atoms with Crippen molar-refractivity contribution < 1.29 is 19.8 Å². The van der Waals surface area contributed by atoms with E-state index in [-0.39, 0.29) is 24.3 Å². The summed E-state index contributed by atoms with van der Waals surface area (Å²) >= 11 is 0. The Balaban J connectivity index is 2.87. The van der Waals surface area contributed by atoms with Crippen LogP contribution in [0.1, 0.15) is 27.9 Å². The number of benzene rings is 1. The summed E-state index contributed by atoms with van der Waals surface area (Å²) in [5, 5.41) is 18.1. The minimum absolute atomic E-state index is 0.0659. The maximum absolute atomic E-state index is 10.7.